The highest BCUT2D eigenvalue weighted by molar-refractivity contribution is 5.98. The molecule has 0 radical (unpaired) electrons. The van der Waals surface area contributed by atoms with Gasteiger partial charge in [0.1, 0.15) is 11.2 Å². The number of carbonyl (C=O) groups is 2. The highest BCUT2D eigenvalue weighted by atomic mass is 16.6. The SMILES string of the molecule is CCCC1C(C(=O)OC(C)(C)C)=C(C)NC(C)=C1C(=O)OC(C)(C)C. The fourth-order valence-corrected chi connectivity index (χ4v) is 2.92. The molecule has 0 bridgehead atoms. The van der Waals surface area contributed by atoms with Gasteiger partial charge in [0, 0.05) is 17.3 Å². The zero-order chi connectivity index (χ0) is 19.6. The summed E-state index contributed by atoms with van der Waals surface area (Å²) in [7, 11) is 0. The number of rotatable bonds is 4. The number of hydrogen-bond acceptors (Lipinski definition) is 5. The molecular weight excluding hydrogens is 318 g/mol. The third-order valence-corrected chi connectivity index (χ3v) is 3.69. The lowest BCUT2D eigenvalue weighted by Gasteiger charge is -2.33. The van der Waals surface area contributed by atoms with Gasteiger partial charge < -0.3 is 14.8 Å². The topological polar surface area (TPSA) is 64.6 Å². The molecule has 5 nitrogen and oxygen atoms in total. The van der Waals surface area contributed by atoms with E-state index in [1.54, 1.807) is 0 Å². The van der Waals surface area contributed by atoms with Gasteiger partial charge in [0.05, 0.1) is 11.1 Å². The van der Waals surface area contributed by atoms with Crippen molar-refractivity contribution in [2.24, 2.45) is 5.92 Å². The van der Waals surface area contributed by atoms with E-state index < -0.39 is 11.2 Å². The van der Waals surface area contributed by atoms with Crippen molar-refractivity contribution < 1.29 is 19.1 Å². The molecule has 0 saturated carbocycles. The molecule has 0 aliphatic carbocycles. The summed E-state index contributed by atoms with van der Waals surface area (Å²) in [6.45, 7) is 16.7. The summed E-state index contributed by atoms with van der Waals surface area (Å²) < 4.78 is 11.2. The lowest BCUT2D eigenvalue weighted by molar-refractivity contribution is -0.151. The Labute approximate surface area is 151 Å². The Hall–Kier alpha value is -1.78. The second-order valence-corrected chi connectivity index (χ2v) is 8.55. The maximum atomic E-state index is 12.8. The zero-order valence-corrected chi connectivity index (χ0v) is 17.1. The summed E-state index contributed by atoms with van der Waals surface area (Å²) in [4.78, 5) is 25.5. The van der Waals surface area contributed by atoms with Crippen molar-refractivity contribution in [2.75, 3.05) is 0 Å². The Morgan fingerprint density at radius 3 is 1.52 bits per heavy atom. The third-order valence-electron chi connectivity index (χ3n) is 3.69. The Kier molecular flexibility index (Phi) is 6.49. The molecule has 1 rings (SSSR count). The second-order valence-electron chi connectivity index (χ2n) is 8.55. The van der Waals surface area contributed by atoms with Crippen LogP contribution in [0.1, 0.15) is 75.2 Å². The van der Waals surface area contributed by atoms with Gasteiger partial charge in [0.15, 0.2) is 0 Å². The van der Waals surface area contributed by atoms with E-state index in [-0.39, 0.29) is 17.9 Å². The Bertz CT molecular complexity index is 550. The van der Waals surface area contributed by atoms with E-state index in [2.05, 4.69) is 5.32 Å². The van der Waals surface area contributed by atoms with Crippen molar-refractivity contribution >= 4 is 11.9 Å². The molecule has 0 fully saturated rings. The molecule has 1 N–H and O–H groups in total. The average molecular weight is 351 g/mol. The summed E-state index contributed by atoms with van der Waals surface area (Å²) in [5, 5.41) is 3.16. The summed E-state index contributed by atoms with van der Waals surface area (Å²) in [6, 6.07) is 0. The number of dihydropyridines is 1. The predicted molar refractivity (Wildman–Crippen MR) is 98.6 cm³/mol. The molecule has 1 heterocycles. The summed E-state index contributed by atoms with van der Waals surface area (Å²) in [6.07, 6.45) is 1.52. The standard InChI is InChI=1S/C20H33NO4/c1-10-11-14-15(17(22)24-19(4,5)6)12(2)21-13(3)16(14)18(23)25-20(7,8)9/h14,21H,10-11H2,1-9H3. The minimum absolute atomic E-state index is 0.323. The van der Waals surface area contributed by atoms with Gasteiger partial charge in [-0.05, 0) is 61.8 Å². The lowest BCUT2D eigenvalue weighted by atomic mass is 9.82. The Morgan fingerprint density at radius 1 is 0.880 bits per heavy atom. The lowest BCUT2D eigenvalue weighted by Crippen LogP contribution is -2.37. The van der Waals surface area contributed by atoms with Crippen LogP contribution in [0.2, 0.25) is 0 Å². The molecule has 0 unspecified atom stereocenters. The predicted octanol–water partition coefficient (Wildman–Crippen LogP) is 4.24. The molecule has 1 aliphatic rings. The quantitative estimate of drug-likeness (QED) is 0.768. The van der Waals surface area contributed by atoms with Crippen molar-refractivity contribution in [1.82, 2.24) is 5.32 Å². The van der Waals surface area contributed by atoms with Crippen LogP contribution < -0.4 is 5.32 Å². The number of esters is 2. The Balaban J connectivity index is 3.28. The summed E-state index contributed by atoms with van der Waals surface area (Å²) in [5.41, 5.74) is 1.31. The molecule has 142 valence electrons. The number of hydrogen-bond donors (Lipinski definition) is 1. The van der Waals surface area contributed by atoms with Crippen LogP contribution in [0, 0.1) is 5.92 Å². The molecule has 25 heavy (non-hydrogen) atoms. The van der Waals surface area contributed by atoms with Crippen molar-refractivity contribution in [3.63, 3.8) is 0 Å². The highest BCUT2D eigenvalue weighted by Gasteiger charge is 2.38. The summed E-state index contributed by atoms with van der Waals surface area (Å²) >= 11 is 0. The normalized spacial score (nSPS) is 16.7. The number of allylic oxidation sites excluding steroid dienone is 2. The summed E-state index contributed by atoms with van der Waals surface area (Å²) in [5.74, 6) is -1.09. The molecule has 0 aromatic heterocycles. The second kappa shape index (κ2) is 7.63. The molecule has 0 atom stereocenters. The van der Waals surface area contributed by atoms with Crippen LogP contribution in [0.5, 0.6) is 0 Å². The monoisotopic (exact) mass is 351 g/mol. The first kappa shape index (κ1) is 21.3. The van der Waals surface area contributed by atoms with Crippen molar-refractivity contribution in [3.05, 3.63) is 22.5 Å². The van der Waals surface area contributed by atoms with E-state index >= 15 is 0 Å². The van der Waals surface area contributed by atoms with Crippen LogP contribution in [-0.2, 0) is 19.1 Å². The van der Waals surface area contributed by atoms with E-state index in [1.165, 1.54) is 0 Å². The first-order chi connectivity index (χ1) is 11.3. The maximum absolute atomic E-state index is 12.8. The molecule has 0 aromatic rings. The van der Waals surface area contributed by atoms with E-state index in [0.717, 1.165) is 17.8 Å². The van der Waals surface area contributed by atoms with Gasteiger partial charge in [-0.25, -0.2) is 9.59 Å². The van der Waals surface area contributed by atoms with Crippen molar-refractivity contribution in [1.29, 1.82) is 0 Å². The van der Waals surface area contributed by atoms with Crippen molar-refractivity contribution in [3.8, 4) is 0 Å². The van der Waals surface area contributed by atoms with E-state index in [0.29, 0.717) is 17.6 Å². The van der Waals surface area contributed by atoms with Gasteiger partial charge in [0.25, 0.3) is 0 Å². The average Bonchev–Trinajstić information content (AvgIpc) is 2.33. The maximum Gasteiger partial charge on any atom is 0.336 e. The van der Waals surface area contributed by atoms with Crippen LogP contribution in [0.4, 0.5) is 0 Å². The number of carbonyl (C=O) groups excluding carboxylic acids is 2. The third kappa shape index (κ3) is 5.91. The van der Waals surface area contributed by atoms with E-state index in [1.807, 2.05) is 62.3 Å². The van der Waals surface area contributed by atoms with Crippen LogP contribution in [0.25, 0.3) is 0 Å². The van der Waals surface area contributed by atoms with Gasteiger partial charge in [-0.2, -0.15) is 0 Å². The largest absolute Gasteiger partial charge is 0.457 e. The van der Waals surface area contributed by atoms with Crippen molar-refractivity contribution in [2.45, 2.75) is 86.4 Å². The van der Waals surface area contributed by atoms with Crippen LogP contribution in [0.15, 0.2) is 22.5 Å². The van der Waals surface area contributed by atoms with Gasteiger partial charge in [-0.15, -0.1) is 0 Å². The van der Waals surface area contributed by atoms with E-state index in [9.17, 15) is 9.59 Å². The van der Waals surface area contributed by atoms with Crippen LogP contribution >= 0.6 is 0 Å². The minimum Gasteiger partial charge on any atom is -0.457 e. The molecule has 1 aliphatic heterocycles. The fourth-order valence-electron chi connectivity index (χ4n) is 2.92. The fraction of sp³-hybridized carbons (Fsp3) is 0.700. The molecule has 0 saturated heterocycles. The van der Waals surface area contributed by atoms with Crippen LogP contribution in [0.3, 0.4) is 0 Å². The molecule has 0 amide bonds. The number of ether oxygens (including phenoxy) is 2. The molecular formula is C20H33NO4. The molecule has 0 aromatic carbocycles. The zero-order valence-electron chi connectivity index (χ0n) is 17.1. The van der Waals surface area contributed by atoms with Gasteiger partial charge in [-0.3, -0.25) is 0 Å². The highest BCUT2D eigenvalue weighted by Crippen LogP contribution is 2.35. The van der Waals surface area contributed by atoms with Gasteiger partial charge in [0.2, 0.25) is 0 Å². The molecule has 5 heteroatoms. The first-order valence-corrected chi connectivity index (χ1v) is 8.92. The first-order valence-electron chi connectivity index (χ1n) is 8.92. The van der Waals surface area contributed by atoms with Gasteiger partial charge in [-0.1, -0.05) is 13.3 Å². The van der Waals surface area contributed by atoms with E-state index in [4.69, 9.17) is 9.47 Å². The number of nitrogens with one attached hydrogen (secondary N) is 1. The van der Waals surface area contributed by atoms with Crippen LogP contribution in [-0.4, -0.2) is 23.1 Å². The molecule has 0 spiro atoms. The van der Waals surface area contributed by atoms with Gasteiger partial charge >= 0.3 is 11.9 Å². The minimum atomic E-state index is -0.594. The smallest absolute Gasteiger partial charge is 0.336 e. The Morgan fingerprint density at radius 2 is 1.24 bits per heavy atom.